The molecule has 0 amide bonds. The van der Waals surface area contributed by atoms with Crippen LogP contribution in [0.4, 0.5) is 13.2 Å². The number of benzene rings is 3. The van der Waals surface area contributed by atoms with Crippen molar-refractivity contribution >= 4 is 34.7 Å². The molecule has 2 N–H and O–H groups in total. The van der Waals surface area contributed by atoms with Crippen molar-refractivity contribution in [1.82, 2.24) is 0 Å². The van der Waals surface area contributed by atoms with Gasteiger partial charge >= 0.3 is 5.97 Å². The highest BCUT2D eigenvalue weighted by Crippen LogP contribution is 2.38. The zero-order valence-corrected chi connectivity index (χ0v) is 17.8. The third kappa shape index (κ3) is 4.84. The quantitative estimate of drug-likeness (QED) is 0.391. The van der Waals surface area contributed by atoms with Crippen LogP contribution in [0, 0.1) is 17.5 Å². The first kappa shape index (κ1) is 23.5. The number of ether oxygens (including phenoxy) is 1. The molecule has 0 aliphatic carbocycles. The molecule has 3 aromatic rings. The third-order valence-corrected chi connectivity index (χ3v) is 5.36. The number of carbonyl (C=O) groups is 1. The fourth-order valence-electron chi connectivity index (χ4n) is 3.04. The maximum Gasteiger partial charge on any atom is 0.341 e. The molecule has 32 heavy (non-hydrogen) atoms. The second kappa shape index (κ2) is 9.54. The SMILES string of the molecule is C=C(c1ccc(F)cc1)c1c(O)ccc(Cc2c(Cl)cc(OCC(=O)O)c(F)c2Cl)c1F. The molecule has 0 aliphatic rings. The number of halogens is 5. The van der Waals surface area contributed by atoms with Crippen LogP contribution in [0.2, 0.25) is 10.0 Å². The summed E-state index contributed by atoms with van der Waals surface area (Å²) in [6.07, 6.45) is -0.246. The van der Waals surface area contributed by atoms with Crippen LogP contribution in [0.3, 0.4) is 0 Å². The van der Waals surface area contributed by atoms with Gasteiger partial charge in [-0.3, -0.25) is 0 Å². The van der Waals surface area contributed by atoms with Crippen LogP contribution in [0.25, 0.3) is 5.57 Å². The fraction of sp³-hybridized carbons (Fsp3) is 0.0870. The van der Waals surface area contributed by atoms with Crippen LogP contribution in [0.5, 0.6) is 11.5 Å². The average molecular weight is 483 g/mol. The smallest absolute Gasteiger partial charge is 0.341 e. The molecule has 0 bridgehead atoms. The minimum absolute atomic E-state index is 0.0310. The Morgan fingerprint density at radius 2 is 1.69 bits per heavy atom. The van der Waals surface area contributed by atoms with Crippen LogP contribution >= 0.6 is 23.2 Å². The Bertz CT molecular complexity index is 1210. The first-order chi connectivity index (χ1) is 15.1. The Labute approximate surface area is 191 Å². The molecule has 3 aromatic carbocycles. The van der Waals surface area contributed by atoms with Gasteiger partial charge in [0.25, 0.3) is 0 Å². The molecule has 0 heterocycles. The van der Waals surface area contributed by atoms with Crippen molar-refractivity contribution in [3.05, 3.63) is 98.8 Å². The first-order valence-corrected chi connectivity index (χ1v) is 9.82. The highest BCUT2D eigenvalue weighted by Gasteiger charge is 2.22. The summed E-state index contributed by atoms with van der Waals surface area (Å²) < 4.78 is 47.9. The Morgan fingerprint density at radius 1 is 1.03 bits per heavy atom. The van der Waals surface area contributed by atoms with E-state index in [1.165, 1.54) is 36.4 Å². The summed E-state index contributed by atoms with van der Waals surface area (Å²) in [6.45, 7) is 2.99. The van der Waals surface area contributed by atoms with Crippen molar-refractivity contribution in [1.29, 1.82) is 0 Å². The van der Waals surface area contributed by atoms with Crippen LogP contribution in [-0.2, 0) is 11.2 Å². The van der Waals surface area contributed by atoms with E-state index < -0.39 is 40.8 Å². The van der Waals surface area contributed by atoms with E-state index in [9.17, 15) is 18.7 Å². The van der Waals surface area contributed by atoms with E-state index in [1.54, 1.807) is 0 Å². The largest absolute Gasteiger partial charge is 0.507 e. The van der Waals surface area contributed by atoms with E-state index >= 15 is 4.39 Å². The zero-order valence-electron chi connectivity index (χ0n) is 16.3. The Hall–Kier alpha value is -3.16. The van der Waals surface area contributed by atoms with Gasteiger partial charge in [0.2, 0.25) is 0 Å². The van der Waals surface area contributed by atoms with Crippen LogP contribution < -0.4 is 4.74 Å². The summed E-state index contributed by atoms with van der Waals surface area (Å²) in [4.78, 5) is 10.6. The zero-order chi connectivity index (χ0) is 23.6. The Morgan fingerprint density at radius 3 is 2.31 bits per heavy atom. The molecule has 9 heteroatoms. The van der Waals surface area contributed by atoms with Gasteiger partial charge in [0.1, 0.15) is 17.4 Å². The van der Waals surface area contributed by atoms with Gasteiger partial charge in [-0.25, -0.2) is 18.0 Å². The van der Waals surface area contributed by atoms with Crippen LogP contribution in [0.1, 0.15) is 22.3 Å². The third-order valence-electron chi connectivity index (χ3n) is 4.63. The number of hydrogen-bond donors (Lipinski definition) is 2. The number of aliphatic carboxylic acids is 1. The molecule has 0 unspecified atom stereocenters. The molecule has 0 aliphatic heterocycles. The lowest BCUT2D eigenvalue weighted by molar-refractivity contribution is -0.139. The summed E-state index contributed by atoms with van der Waals surface area (Å²) in [5.74, 6) is -4.52. The van der Waals surface area contributed by atoms with Crippen molar-refractivity contribution in [3.63, 3.8) is 0 Å². The fourth-order valence-corrected chi connectivity index (χ4v) is 3.61. The van der Waals surface area contributed by atoms with E-state index in [-0.39, 0.29) is 39.5 Å². The van der Waals surface area contributed by atoms with Gasteiger partial charge in [-0.2, -0.15) is 0 Å². The van der Waals surface area contributed by atoms with Crippen molar-refractivity contribution in [2.75, 3.05) is 6.61 Å². The number of hydrogen-bond acceptors (Lipinski definition) is 3. The van der Waals surface area contributed by atoms with Gasteiger partial charge in [0, 0.05) is 17.5 Å². The first-order valence-electron chi connectivity index (χ1n) is 9.06. The maximum absolute atomic E-state index is 15.3. The van der Waals surface area contributed by atoms with E-state index in [2.05, 4.69) is 6.58 Å². The van der Waals surface area contributed by atoms with Gasteiger partial charge in [0.15, 0.2) is 18.2 Å². The predicted octanol–water partition coefficient (Wildman–Crippen LogP) is 6.23. The number of carboxylic acids is 1. The van der Waals surface area contributed by atoms with Crippen LogP contribution in [-0.4, -0.2) is 22.8 Å². The van der Waals surface area contributed by atoms with Gasteiger partial charge < -0.3 is 14.9 Å². The van der Waals surface area contributed by atoms with E-state index in [0.29, 0.717) is 5.56 Å². The lowest BCUT2D eigenvalue weighted by Crippen LogP contribution is -2.11. The second-order valence-electron chi connectivity index (χ2n) is 6.74. The lowest BCUT2D eigenvalue weighted by Gasteiger charge is -2.15. The molecule has 0 fully saturated rings. The maximum atomic E-state index is 15.3. The molecule has 4 nitrogen and oxygen atoms in total. The molecular weight excluding hydrogens is 468 g/mol. The van der Waals surface area contributed by atoms with Crippen molar-refractivity contribution in [2.24, 2.45) is 0 Å². The summed E-state index contributed by atoms with van der Waals surface area (Å²) in [5.41, 5.74) is 0.366. The lowest BCUT2D eigenvalue weighted by atomic mass is 9.94. The van der Waals surface area contributed by atoms with Gasteiger partial charge in [-0.15, -0.1) is 0 Å². The molecule has 3 rings (SSSR count). The van der Waals surface area contributed by atoms with E-state index in [4.69, 9.17) is 33.0 Å². The number of aromatic hydroxyl groups is 1. The molecule has 0 saturated carbocycles. The number of carboxylic acid groups (broad SMARTS) is 1. The molecule has 0 radical (unpaired) electrons. The molecular formula is C23H15Cl2F3O4. The van der Waals surface area contributed by atoms with Gasteiger partial charge in [0.05, 0.1) is 10.6 Å². The second-order valence-corrected chi connectivity index (χ2v) is 7.53. The molecule has 0 atom stereocenters. The Balaban J connectivity index is 1.99. The van der Waals surface area contributed by atoms with Gasteiger partial charge in [-0.05, 0) is 40.5 Å². The topological polar surface area (TPSA) is 66.8 Å². The summed E-state index contributed by atoms with van der Waals surface area (Å²) in [6, 6.07) is 8.71. The molecule has 0 aromatic heterocycles. The minimum Gasteiger partial charge on any atom is -0.507 e. The monoisotopic (exact) mass is 482 g/mol. The van der Waals surface area contributed by atoms with Crippen molar-refractivity contribution < 1.29 is 32.9 Å². The number of phenols is 1. The molecule has 166 valence electrons. The number of phenolic OH excluding ortho intramolecular Hbond substituents is 1. The normalized spacial score (nSPS) is 10.8. The van der Waals surface area contributed by atoms with Crippen molar-refractivity contribution in [3.8, 4) is 11.5 Å². The van der Waals surface area contributed by atoms with E-state index in [0.717, 1.165) is 6.07 Å². The standard InChI is InChI=1S/C23H15Cl2F3O4/c1-11(12-2-5-14(26)6-3-12)20-17(29)7-4-13(22(20)27)8-15-16(24)9-18(23(28)21(15)25)32-10-19(30)31/h2-7,9,29H,1,8,10H2,(H,30,31). The Kier molecular flexibility index (Phi) is 7.01. The summed E-state index contributed by atoms with van der Waals surface area (Å²) in [7, 11) is 0. The molecule has 0 spiro atoms. The van der Waals surface area contributed by atoms with Crippen molar-refractivity contribution in [2.45, 2.75) is 6.42 Å². The number of rotatable bonds is 7. The highest BCUT2D eigenvalue weighted by atomic mass is 35.5. The van der Waals surface area contributed by atoms with Gasteiger partial charge in [-0.1, -0.05) is 48.0 Å². The highest BCUT2D eigenvalue weighted by molar-refractivity contribution is 6.36. The van der Waals surface area contributed by atoms with E-state index in [1.807, 2.05) is 0 Å². The average Bonchev–Trinajstić information content (AvgIpc) is 2.74. The summed E-state index contributed by atoms with van der Waals surface area (Å²) >= 11 is 12.2. The summed E-state index contributed by atoms with van der Waals surface area (Å²) in [5, 5.41) is 18.4. The predicted molar refractivity (Wildman–Crippen MR) is 115 cm³/mol. The van der Waals surface area contributed by atoms with Crippen LogP contribution in [0.15, 0.2) is 49.0 Å². The minimum atomic E-state index is -1.32. The molecule has 0 saturated heterocycles.